The van der Waals surface area contributed by atoms with Crippen LogP contribution in [0, 0.1) is 18.8 Å². The molecule has 2 aromatic carbocycles. The smallest absolute Gasteiger partial charge is 0.251 e. The van der Waals surface area contributed by atoms with Crippen molar-refractivity contribution in [3.63, 3.8) is 0 Å². The van der Waals surface area contributed by atoms with E-state index >= 15 is 0 Å². The van der Waals surface area contributed by atoms with E-state index in [9.17, 15) is 13.6 Å². The first-order chi connectivity index (χ1) is 17.4. The van der Waals surface area contributed by atoms with Gasteiger partial charge < -0.3 is 19.7 Å². The quantitative estimate of drug-likeness (QED) is 0.376. The maximum absolute atomic E-state index is 13.3. The first-order valence-electron chi connectivity index (χ1n) is 11.5. The Kier molecular flexibility index (Phi) is 6.47. The van der Waals surface area contributed by atoms with Crippen molar-refractivity contribution < 1.29 is 23.0 Å². The number of methoxy groups -OCH3 is 1. The van der Waals surface area contributed by atoms with Crippen molar-refractivity contribution in [3.05, 3.63) is 89.4 Å². The summed E-state index contributed by atoms with van der Waals surface area (Å²) < 4.78 is 38.2. The van der Waals surface area contributed by atoms with Crippen LogP contribution in [-0.4, -0.2) is 42.2 Å². The second-order valence-corrected chi connectivity index (χ2v) is 8.61. The molecule has 7 nitrogen and oxygen atoms in total. The summed E-state index contributed by atoms with van der Waals surface area (Å²) in [6, 6.07) is 15.1. The van der Waals surface area contributed by atoms with Crippen molar-refractivity contribution in [1.82, 2.24) is 15.3 Å². The molecule has 0 saturated carbocycles. The molecule has 1 N–H and O–H groups in total. The normalized spacial score (nSPS) is 13.5. The molecule has 4 aromatic rings. The number of carbonyl (C=O) groups is 1. The predicted molar refractivity (Wildman–Crippen MR) is 131 cm³/mol. The summed E-state index contributed by atoms with van der Waals surface area (Å²) in [4.78, 5) is 22.6. The molecular weight excluding hydrogens is 466 g/mol. The van der Waals surface area contributed by atoms with Crippen LogP contribution in [0.5, 0.6) is 11.5 Å². The van der Waals surface area contributed by atoms with Crippen molar-refractivity contribution in [1.29, 1.82) is 0 Å². The van der Waals surface area contributed by atoms with Crippen molar-refractivity contribution >= 4 is 22.5 Å². The Balaban J connectivity index is 1.34. The number of amides is 1. The number of hydrogen-bond acceptors (Lipinski definition) is 6. The van der Waals surface area contributed by atoms with Gasteiger partial charge in [0.25, 0.3) is 5.91 Å². The fourth-order valence-electron chi connectivity index (χ4n) is 4.18. The molecule has 0 aliphatic carbocycles. The van der Waals surface area contributed by atoms with Crippen molar-refractivity contribution in [3.8, 4) is 11.5 Å². The number of nitrogens with one attached hydrogen (secondary N) is 1. The van der Waals surface area contributed by atoms with E-state index in [-0.39, 0.29) is 24.1 Å². The van der Waals surface area contributed by atoms with Gasteiger partial charge in [-0.2, -0.15) is 13.8 Å². The number of rotatable bonds is 7. The highest BCUT2D eigenvalue weighted by Crippen LogP contribution is 2.34. The first-order valence-corrected chi connectivity index (χ1v) is 11.5. The van der Waals surface area contributed by atoms with Crippen LogP contribution in [0.1, 0.15) is 21.5 Å². The van der Waals surface area contributed by atoms with Gasteiger partial charge in [0, 0.05) is 55.1 Å². The number of halogens is 2. The van der Waals surface area contributed by atoms with Gasteiger partial charge in [0.1, 0.15) is 11.5 Å². The molecule has 184 valence electrons. The molecule has 0 atom stereocenters. The fourth-order valence-corrected chi connectivity index (χ4v) is 4.18. The number of carbonyl (C=O) groups excluding carboxylic acids is 1. The molecule has 1 aliphatic heterocycles. The highest BCUT2D eigenvalue weighted by Gasteiger charge is 2.26. The number of anilines is 1. The van der Waals surface area contributed by atoms with Gasteiger partial charge in [-0.25, -0.2) is 0 Å². The lowest BCUT2D eigenvalue weighted by Crippen LogP contribution is -2.51. The molecule has 1 saturated heterocycles. The number of hydrogen-bond donors (Lipinski definition) is 1. The summed E-state index contributed by atoms with van der Waals surface area (Å²) in [6.07, 6.45) is 1.94. The number of fused-ring (bicyclic) bond motifs is 1. The summed E-state index contributed by atoms with van der Waals surface area (Å²) in [5.41, 5.74) is 3.18. The zero-order chi connectivity index (χ0) is 25.2. The Morgan fingerprint density at radius 2 is 1.86 bits per heavy atom. The lowest BCUT2D eigenvalue weighted by molar-refractivity contribution is 0.0788. The third kappa shape index (κ3) is 4.83. The second kappa shape index (κ2) is 9.87. The summed E-state index contributed by atoms with van der Waals surface area (Å²) >= 11 is 0. The number of aromatic nitrogens is 2. The van der Waals surface area contributed by atoms with Crippen LogP contribution in [0.2, 0.25) is 0 Å². The molecule has 0 bridgehead atoms. The van der Waals surface area contributed by atoms with Gasteiger partial charge in [-0.3, -0.25) is 9.78 Å². The SMILES string of the molecule is COC1CN(c2ccc3c(Oc4cccc(C(=O)NCc5cc(F)nc(F)c5)c4C)ccnc3c2)C1. The lowest BCUT2D eigenvalue weighted by Gasteiger charge is -2.40. The van der Waals surface area contributed by atoms with Crippen LogP contribution in [0.15, 0.2) is 60.8 Å². The largest absolute Gasteiger partial charge is 0.456 e. The van der Waals surface area contributed by atoms with E-state index in [1.807, 2.05) is 18.2 Å². The van der Waals surface area contributed by atoms with Crippen molar-refractivity contribution in [2.75, 3.05) is 25.1 Å². The minimum absolute atomic E-state index is 0.0425. The van der Waals surface area contributed by atoms with Gasteiger partial charge in [-0.15, -0.1) is 0 Å². The molecule has 36 heavy (non-hydrogen) atoms. The van der Waals surface area contributed by atoms with Crippen LogP contribution in [0.4, 0.5) is 14.5 Å². The molecule has 1 amide bonds. The molecule has 5 rings (SSSR count). The molecule has 0 radical (unpaired) electrons. The minimum Gasteiger partial charge on any atom is -0.456 e. The first kappa shape index (κ1) is 23.6. The Hall–Kier alpha value is -4.11. The van der Waals surface area contributed by atoms with Gasteiger partial charge in [0.2, 0.25) is 11.9 Å². The Morgan fingerprint density at radius 3 is 2.61 bits per heavy atom. The van der Waals surface area contributed by atoms with E-state index in [4.69, 9.17) is 9.47 Å². The Labute approximate surface area is 206 Å². The third-order valence-electron chi connectivity index (χ3n) is 6.26. The molecule has 0 unspecified atom stereocenters. The van der Waals surface area contributed by atoms with Crippen LogP contribution in [-0.2, 0) is 11.3 Å². The maximum Gasteiger partial charge on any atom is 0.251 e. The third-order valence-corrected chi connectivity index (χ3v) is 6.26. The average Bonchev–Trinajstić information content (AvgIpc) is 2.82. The van der Waals surface area contributed by atoms with Crippen LogP contribution in [0.25, 0.3) is 10.9 Å². The minimum atomic E-state index is -0.938. The van der Waals surface area contributed by atoms with Crippen LogP contribution >= 0.6 is 0 Å². The maximum atomic E-state index is 13.3. The van der Waals surface area contributed by atoms with Gasteiger partial charge in [-0.05, 0) is 61.0 Å². The summed E-state index contributed by atoms with van der Waals surface area (Å²) in [7, 11) is 1.72. The highest BCUT2D eigenvalue weighted by atomic mass is 19.1. The van der Waals surface area contributed by atoms with E-state index in [1.54, 1.807) is 44.5 Å². The number of nitrogens with zero attached hydrogens (tertiary/aromatic N) is 3. The summed E-state index contributed by atoms with van der Waals surface area (Å²) in [6.45, 7) is 3.43. The van der Waals surface area contributed by atoms with E-state index in [0.717, 1.165) is 41.8 Å². The second-order valence-electron chi connectivity index (χ2n) is 8.61. The topological polar surface area (TPSA) is 76.6 Å². The zero-order valence-electron chi connectivity index (χ0n) is 19.8. The van der Waals surface area contributed by atoms with Crippen molar-refractivity contribution in [2.45, 2.75) is 19.6 Å². The van der Waals surface area contributed by atoms with E-state index in [0.29, 0.717) is 22.6 Å². The van der Waals surface area contributed by atoms with Gasteiger partial charge in [0.15, 0.2) is 0 Å². The lowest BCUT2D eigenvalue weighted by atomic mass is 10.1. The van der Waals surface area contributed by atoms with Crippen LogP contribution < -0.4 is 15.0 Å². The number of ether oxygens (including phenoxy) is 2. The average molecular weight is 491 g/mol. The molecular formula is C27H24F2N4O3. The monoisotopic (exact) mass is 490 g/mol. The standard InChI is InChI=1S/C27H24F2N4O3/c1-16-20(27(34)31-13-17-10-25(28)32-26(29)11-17)4-3-5-23(16)36-24-8-9-30-22-12-18(6-7-21(22)24)33-14-19(15-33)35-2/h3-12,19H,13-15H2,1-2H3,(H,31,34). The zero-order valence-corrected chi connectivity index (χ0v) is 19.8. The molecule has 1 fully saturated rings. The number of pyridine rings is 2. The molecule has 9 heteroatoms. The molecule has 1 aliphatic rings. The van der Waals surface area contributed by atoms with Gasteiger partial charge >= 0.3 is 0 Å². The fraction of sp³-hybridized carbons (Fsp3) is 0.222. The predicted octanol–water partition coefficient (Wildman–Crippen LogP) is 4.77. The van der Waals surface area contributed by atoms with Gasteiger partial charge in [-0.1, -0.05) is 6.07 Å². The van der Waals surface area contributed by atoms with E-state index in [1.165, 1.54) is 0 Å². The van der Waals surface area contributed by atoms with E-state index in [2.05, 4.69) is 20.2 Å². The molecule has 0 spiro atoms. The van der Waals surface area contributed by atoms with E-state index < -0.39 is 11.9 Å². The number of benzene rings is 2. The molecule has 3 heterocycles. The summed E-state index contributed by atoms with van der Waals surface area (Å²) in [5, 5.41) is 3.54. The van der Waals surface area contributed by atoms with Gasteiger partial charge in [0.05, 0.1) is 11.6 Å². The highest BCUT2D eigenvalue weighted by molar-refractivity contribution is 5.96. The van der Waals surface area contributed by atoms with Crippen LogP contribution in [0.3, 0.4) is 0 Å². The Bertz CT molecular complexity index is 1420. The van der Waals surface area contributed by atoms with Crippen molar-refractivity contribution in [2.24, 2.45) is 0 Å². The molecule has 2 aromatic heterocycles. The summed E-state index contributed by atoms with van der Waals surface area (Å²) in [5.74, 6) is -1.12. The Morgan fingerprint density at radius 1 is 1.08 bits per heavy atom.